The van der Waals surface area contributed by atoms with Gasteiger partial charge in [0, 0.05) is 20.0 Å². The lowest BCUT2D eigenvalue weighted by atomic mass is 9.97. The summed E-state index contributed by atoms with van der Waals surface area (Å²) in [5, 5.41) is 6.62. The van der Waals surface area contributed by atoms with E-state index in [1.54, 1.807) is 18.7 Å². The number of anilines is 1. The van der Waals surface area contributed by atoms with E-state index < -0.39 is 10.0 Å². The average molecular weight is 393 g/mol. The zero-order valence-electron chi connectivity index (χ0n) is 16.8. The van der Waals surface area contributed by atoms with E-state index in [2.05, 4.69) is 28.8 Å². The summed E-state index contributed by atoms with van der Waals surface area (Å²) in [5.41, 5.74) is 3.82. The van der Waals surface area contributed by atoms with Crippen LogP contribution in [0.1, 0.15) is 49.2 Å². The lowest BCUT2D eigenvalue weighted by Gasteiger charge is -2.27. The minimum Gasteiger partial charge on any atom is -0.311 e. The van der Waals surface area contributed by atoms with E-state index in [1.165, 1.54) is 6.92 Å². The highest BCUT2D eigenvalue weighted by molar-refractivity contribution is 7.89. The van der Waals surface area contributed by atoms with Gasteiger partial charge in [0.2, 0.25) is 15.9 Å². The van der Waals surface area contributed by atoms with Crippen molar-refractivity contribution < 1.29 is 13.2 Å². The second-order valence-electron chi connectivity index (χ2n) is 7.00. The van der Waals surface area contributed by atoms with Crippen LogP contribution >= 0.6 is 0 Å². The van der Waals surface area contributed by atoms with Gasteiger partial charge in [-0.1, -0.05) is 32.0 Å². The fourth-order valence-electron chi connectivity index (χ4n) is 3.24. The lowest BCUT2D eigenvalue weighted by molar-refractivity contribution is -0.116. The van der Waals surface area contributed by atoms with Crippen LogP contribution in [0.25, 0.3) is 0 Å². The van der Waals surface area contributed by atoms with Crippen molar-refractivity contribution in [2.75, 3.05) is 18.0 Å². The minimum absolute atomic E-state index is 0.109. The fourth-order valence-corrected chi connectivity index (χ4v) is 4.63. The van der Waals surface area contributed by atoms with Crippen molar-refractivity contribution in [3.8, 4) is 0 Å². The number of aromatic amines is 1. The summed E-state index contributed by atoms with van der Waals surface area (Å²) in [6.07, 6.45) is 0. The van der Waals surface area contributed by atoms with Crippen LogP contribution in [0.4, 0.5) is 5.69 Å². The molecule has 148 valence electrons. The molecule has 0 saturated carbocycles. The molecule has 2 N–H and O–H groups in total. The highest BCUT2D eigenvalue weighted by Crippen LogP contribution is 2.31. The van der Waals surface area contributed by atoms with Gasteiger partial charge in [-0.2, -0.15) is 5.10 Å². The number of nitrogens with zero attached hydrogens (tertiary/aromatic N) is 2. The first-order valence-corrected chi connectivity index (χ1v) is 10.4. The Morgan fingerprint density at radius 1 is 1.26 bits per heavy atom. The molecular weight excluding hydrogens is 364 g/mol. The third-order valence-electron chi connectivity index (χ3n) is 4.50. The van der Waals surface area contributed by atoms with E-state index in [4.69, 9.17) is 0 Å². The molecule has 8 heteroatoms. The van der Waals surface area contributed by atoms with Crippen LogP contribution in [-0.4, -0.2) is 37.6 Å². The third kappa shape index (κ3) is 4.56. The van der Waals surface area contributed by atoms with Crippen molar-refractivity contribution in [3.63, 3.8) is 0 Å². The van der Waals surface area contributed by atoms with Gasteiger partial charge in [-0.3, -0.25) is 9.89 Å². The Morgan fingerprint density at radius 3 is 2.44 bits per heavy atom. The van der Waals surface area contributed by atoms with Crippen LogP contribution in [0.15, 0.2) is 23.1 Å². The van der Waals surface area contributed by atoms with E-state index in [0.29, 0.717) is 11.4 Å². The summed E-state index contributed by atoms with van der Waals surface area (Å²) in [7, 11) is -3.70. The van der Waals surface area contributed by atoms with Crippen molar-refractivity contribution in [1.29, 1.82) is 0 Å². The Labute approximate surface area is 161 Å². The molecule has 1 aromatic carbocycles. The maximum Gasteiger partial charge on any atom is 0.244 e. The highest BCUT2D eigenvalue weighted by Gasteiger charge is 2.23. The topological polar surface area (TPSA) is 95.2 Å². The minimum atomic E-state index is -3.70. The SMILES string of the molecule is CC(=O)N(CCNS(=O)(=O)c1c(C)n[nH]c1C)c1c(C)cccc1C(C)C. The molecular formula is C19H28N4O3S. The summed E-state index contributed by atoms with van der Waals surface area (Å²) in [6, 6.07) is 5.93. The number of carbonyl (C=O) groups is 1. The molecule has 0 saturated heterocycles. The van der Waals surface area contributed by atoms with Gasteiger partial charge in [0.25, 0.3) is 0 Å². The van der Waals surface area contributed by atoms with Crippen LogP contribution in [-0.2, 0) is 14.8 Å². The first-order valence-electron chi connectivity index (χ1n) is 8.95. The first-order chi connectivity index (χ1) is 12.6. The van der Waals surface area contributed by atoms with Crippen LogP contribution in [0.2, 0.25) is 0 Å². The number of aryl methyl sites for hydroxylation is 3. The van der Waals surface area contributed by atoms with Gasteiger partial charge in [0.05, 0.1) is 17.1 Å². The highest BCUT2D eigenvalue weighted by atomic mass is 32.2. The van der Waals surface area contributed by atoms with Crippen molar-refractivity contribution in [1.82, 2.24) is 14.9 Å². The number of amides is 1. The standard InChI is InChI=1S/C19H28N4O3S/c1-12(2)17-9-7-8-13(3)18(17)23(16(6)24)11-10-20-27(25,26)19-14(4)21-22-15(19)5/h7-9,12,20H,10-11H2,1-6H3,(H,21,22). The second-order valence-corrected chi connectivity index (χ2v) is 8.70. The van der Waals surface area contributed by atoms with Gasteiger partial charge in [-0.05, 0) is 37.8 Å². The van der Waals surface area contributed by atoms with E-state index in [1.807, 2.05) is 25.1 Å². The van der Waals surface area contributed by atoms with Crippen molar-refractivity contribution >= 4 is 21.6 Å². The maximum absolute atomic E-state index is 12.6. The molecule has 0 radical (unpaired) electrons. The van der Waals surface area contributed by atoms with Gasteiger partial charge in [-0.25, -0.2) is 13.1 Å². The van der Waals surface area contributed by atoms with Crippen LogP contribution in [0.5, 0.6) is 0 Å². The molecule has 0 aliphatic rings. The molecule has 1 heterocycles. The number of carbonyl (C=O) groups excluding carboxylic acids is 1. The van der Waals surface area contributed by atoms with E-state index in [-0.39, 0.29) is 29.8 Å². The largest absolute Gasteiger partial charge is 0.311 e. The number of hydrogen-bond acceptors (Lipinski definition) is 4. The number of hydrogen-bond donors (Lipinski definition) is 2. The number of H-pyrrole nitrogens is 1. The number of sulfonamides is 1. The molecule has 1 aromatic heterocycles. The summed E-state index contributed by atoms with van der Waals surface area (Å²) < 4.78 is 27.8. The Morgan fingerprint density at radius 2 is 1.93 bits per heavy atom. The molecule has 0 spiro atoms. The summed E-state index contributed by atoms with van der Waals surface area (Å²) >= 11 is 0. The lowest BCUT2D eigenvalue weighted by Crippen LogP contribution is -2.38. The zero-order chi connectivity index (χ0) is 20.4. The molecule has 0 unspecified atom stereocenters. The number of aromatic nitrogens is 2. The zero-order valence-corrected chi connectivity index (χ0v) is 17.6. The predicted molar refractivity (Wildman–Crippen MR) is 107 cm³/mol. The first kappa shape index (κ1) is 21.1. The van der Waals surface area contributed by atoms with E-state index in [0.717, 1.165) is 16.8 Å². The monoisotopic (exact) mass is 392 g/mol. The predicted octanol–water partition coefficient (Wildman–Crippen LogP) is 2.79. The maximum atomic E-state index is 12.6. The van der Waals surface area contributed by atoms with Gasteiger partial charge < -0.3 is 4.90 Å². The molecule has 0 fully saturated rings. The normalized spacial score (nSPS) is 11.8. The molecule has 1 amide bonds. The molecule has 7 nitrogen and oxygen atoms in total. The van der Waals surface area contributed by atoms with Gasteiger partial charge >= 0.3 is 0 Å². The summed E-state index contributed by atoms with van der Waals surface area (Å²) in [5.74, 6) is 0.121. The van der Waals surface area contributed by atoms with Gasteiger partial charge in [0.1, 0.15) is 4.90 Å². The van der Waals surface area contributed by atoms with Crippen LogP contribution < -0.4 is 9.62 Å². The number of nitrogens with one attached hydrogen (secondary N) is 2. The van der Waals surface area contributed by atoms with Gasteiger partial charge in [0.15, 0.2) is 0 Å². The van der Waals surface area contributed by atoms with Crippen molar-refractivity contribution in [2.24, 2.45) is 0 Å². The summed E-state index contributed by atoms with van der Waals surface area (Å²) in [6.45, 7) is 11.3. The van der Waals surface area contributed by atoms with Crippen molar-refractivity contribution in [3.05, 3.63) is 40.7 Å². The molecule has 0 atom stereocenters. The van der Waals surface area contributed by atoms with Crippen LogP contribution in [0.3, 0.4) is 0 Å². The fraction of sp³-hybridized carbons (Fsp3) is 0.474. The molecule has 2 aromatic rings. The Balaban J connectivity index is 2.24. The van der Waals surface area contributed by atoms with E-state index in [9.17, 15) is 13.2 Å². The second kappa shape index (κ2) is 8.22. The summed E-state index contributed by atoms with van der Waals surface area (Å²) in [4.78, 5) is 14.1. The third-order valence-corrected chi connectivity index (χ3v) is 6.22. The molecule has 0 aliphatic carbocycles. The number of benzene rings is 1. The smallest absolute Gasteiger partial charge is 0.244 e. The molecule has 2 rings (SSSR count). The molecule has 0 aliphatic heterocycles. The number of para-hydroxylation sites is 1. The van der Waals surface area contributed by atoms with Crippen molar-refractivity contribution in [2.45, 2.75) is 52.4 Å². The average Bonchev–Trinajstić information content (AvgIpc) is 2.91. The van der Waals surface area contributed by atoms with E-state index >= 15 is 0 Å². The Kier molecular flexibility index (Phi) is 6.43. The van der Waals surface area contributed by atoms with Crippen LogP contribution in [0, 0.1) is 20.8 Å². The Bertz CT molecular complexity index is 913. The van der Waals surface area contributed by atoms with Gasteiger partial charge in [-0.15, -0.1) is 0 Å². The number of rotatable bonds is 7. The quantitative estimate of drug-likeness (QED) is 0.757. The molecule has 27 heavy (non-hydrogen) atoms. The molecule has 0 bridgehead atoms. The Hall–Kier alpha value is -2.19.